The van der Waals surface area contributed by atoms with E-state index in [2.05, 4.69) is 6.07 Å². The molecule has 5 nitrogen and oxygen atoms in total. The number of amides is 1. The molecule has 0 aliphatic rings. The van der Waals surface area contributed by atoms with E-state index in [1.807, 2.05) is 6.92 Å². The van der Waals surface area contributed by atoms with Gasteiger partial charge in [-0.2, -0.15) is 5.26 Å². The largest absolute Gasteiger partial charge is 0.455 e. The molecule has 2 rings (SSSR count). The number of ether oxygens (including phenoxy) is 1. The number of para-hydroxylation sites is 2. The Labute approximate surface area is 141 Å². The van der Waals surface area contributed by atoms with Gasteiger partial charge in [0.05, 0.1) is 17.7 Å². The molecule has 0 aliphatic heterocycles. The quantitative estimate of drug-likeness (QED) is 0.849. The lowest BCUT2D eigenvalue weighted by molar-refractivity contribution is 0.0719. The predicted octanol–water partition coefficient (Wildman–Crippen LogP) is 3.20. The summed E-state index contributed by atoms with van der Waals surface area (Å²) in [5.74, 6) is 0.602. The van der Waals surface area contributed by atoms with Crippen LogP contribution in [0.2, 0.25) is 0 Å². The number of rotatable bonds is 7. The molecule has 0 unspecified atom stereocenters. The van der Waals surface area contributed by atoms with Crippen molar-refractivity contribution in [3.05, 3.63) is 59.7 Å². The molecule has 124 valence electrons. The number of aliphatic hydroxyl groups excluding tert-OH is 1. The van der Waals surface area contributed by atoms with Crippen LogP contribution in [0.15, 0.2) is 48.5 Å². The number of aliphatic hydroxyl groups is 1. The summed E-state index contributed by atoms with van der Waals surface area (Å²) in [6.07, 6.45) is 0.798. The topological polar surface area (TPSA) is 73.6 Å². The molecule has 0 spiro atoms. The van der Waals surface area contributed by atoms with Gasteiger partial charge in [0.1, 0.15) is 17.6 Å². The van der Waals surface area contributed by atoms with Crippen LogP contribution < -0.4 is 4.74 Å². The molecule has 0 atom stereocenters. The Morgan fingerprint density at radius 3 is 2.46 bits per heavy atom. The molecular formula is C19H20N2O3. The van der Waals surface area contributed by atoms with Crippen molar-refractivity contribution >= 4 is 5.91 Å². The fraction of sp³-hybridized carbons (Fsp3) is 0.263. The fourth-order valence-electron chi connectivity index (χ4n) is 2.37. The van der Waals surface area contributed by atoms with Crippen LogP contribution in [0.3, 0.4) is 0 Å². The Balaban J connectivity index is 2.33. The molecule has 5 heteroatoms. The van der Waals surface area contributed by atoms with Gasteiger partial charge in [-0.15, -0.1) is 0 Å². The number of hydrogen-bond acceptors (Lipinski definition) is 4. The van der Waals surface area contributed by atoms with Crippen LogP contribution in [0.4, 0.5) is 0 Å². The summed E-state index contributed by atoms with van der Waals surface area (Å²) in [7, 11) is 0. The predicted molar refractivity (Wildman–Crippen MR) is 91.0 cm³/mol. The zero-order chi connectivity index (χ0) is 17.4. The molecular weight excluding hydrogens is 304 g/mol. The van der Waals surface area contributed by atoms with Crippen LogP contribution in [0, 0.1) is 11.3 Å². The summed E-state index contributed by atoms with van der Waals surface area (Å²) in [5, 5.41) is 18.3. The third-order valence-electron chi connectivity index (χ3n) is 3.50. The summed E-state index contributed by atoms with van der Waals surface area (Å²) in [5.41, 5.74) is 0.813. The first-order valence-corrected chi connectivity index (χ1v) is 7.87. The lowest BCUT2D eigenvalue weighted by atomic mass is 10.1. The van der Waals surface area contributed by atoms with Crippen molar-refractivity contribution in [3.8, 4) is 17.6 Å². The molecule has 0 saturated heterocycles. The zero-order valence-corrected chi connectivity index (χ0v) is 13.6. The maximum absolute atomic E-state index is 12.8. The lowest BCUT2D eigenvalue weighted by Gasteiger charge is -2.22. The Hall–Kier alpha value is -2.84. The van der Waals surface area contributed by atoms with Crippen molar-refractivity contribution in [2.45, 2.75) is 13.3 Å². The molecule has 0 aliphatic carbocycles. The highest BCUT2D eigenvalue weighted by Crippen LogP contribution is 2.28. The van der Waals surface area contributed by atoms with Crippen molar-refractivity contribution < 1.29 is 14.6 Å². The van der Waals surface area contributed by atoms with E-state index >= 15 is 0 Å². The average Bonchev–Trinajstić information content (AvgIpc) is 2.62. The first kappa shape index (κ1) is 17.5. The molecule has 0 fully saturated rings. The SMILES string of the molecule is CCCN(CCO)C(=O)c1ccccc1Oc1ccccc1C#N. The van der Waals surface area contributed by atoms with E-state index in [0.29, 0.717) is 29.2 Å². The first-order chi connectivity index (χ1) is 11.7. The minimum atomic E-state index is -0.198. The molecule has 0 radical (unpaired) electrons. The number of nitrogens with zero attached hydrogens (tertiary/aromatic N) is 2. The average molecular weight is 324 g/mol. The monoisotopic (exact) mass is 324 g/mol. The Morgan fingerprint density at radius 2 is 1.79 bits per heavy atom. The van der Waals surface area contributed by atoms with E-state index in [-0.39, 0.29) is 19.1 Å². The van der Waals surface area contributed by atoms with E-state index in [0.717, 1.165) is 6.42 Å². The normalized spacial score (nSPS) is 10.0. The molecule has 0 heterocycles. The lowest BCUT2D eigenvalue weighted by Crippen LogP contribution is -2.34. The maximum atomic E-state index is 12.8. The van der Waals surface area contributed by atoms with Crippen LogP contribution in [-0.2, 0) is 0 Å². The van der Waals surface area contributed by atoms with Crippen LogP contribution in [-0.4, -0.2) is 35.6 Å². The number of benzene rings is 2. The highest BCUT2D eigenvalue weighted by atomic mass is 16.5. The summed E-state index contributed by atoms with van der Waals surface area (Å²) in [6.45, 7) is 2.72. The minimum absolute atomic E-state index is 0.0912. The van der Waals surface area contributed by atoms with Gasteiger partial charge in [0, 0.05) is 13.1 Å². The second kappa shape index (κ2) is 8.70. The molecule has 2 aromatic carbocycles. The fourth-order valence-corrected chi connectivity index (χ4v) is 2.37. The van der Waals surface area contributed by atoms with Gasteiger partial charge in [-0.25, -0.2) is 0 Å². The second-order valence-electron chi connectivity index (χ2n) is 5.22. The van der Waals surface area contributed by atoms with E-state index in [9.17, 15) is 15.2 Å². The van der Waals surface area contributed by atoms with E-state index in [4.69, 9.17) is 4.74 Å². The van der Waals surface area contributed by atoms with Crippen LogP contribution in [0.5, 0.6) is 11.5 Å². The molecule has 0 aromatic heterocycles. The van der Waals surface area contributed by atoms with Gasteiger partial charge >= 0.3 is 0 Å². The van der Waals surface area contributed by atoms with Crippen LogP contribution in [0.1, 0.15) is 29.3 Å². The Kier molecular flexibility index (Phi) is 6.35. The maximum Gasteiger partial charge on any atom is 0.257 e. The third-order valence-corrected chi connectivity index (χ3v) is 3.50. The molecule has 0 saturated carbocycles. The second-order valence-corrected chi connectivity index (χ2v) is 5.22. The standard InChI is InChI=1S/C19H20N2O3/c1-2-11-21(12-13-22)19(23)16-8-4-6-10-18(16)24-17-9-5-3-7-15(17)14-20/h3-10,22H,2,11-13H2,1H3. The van der Waals surface area contributed by atoms with E-state index in [1.54, 1.807) is 53.4 Å². The smallest absolute Gasteiger partial charge is 0.257 e. The van der Waals surface area contributed by atoms with Crippen molar-refractivity contribution in [2.75, 3.05) is 19.7 Å². The Bertz CT molecular complexity index is 731. The number of hydrogen-bond donors (Lipinski definition) is 1. The molecule has 2 aromatic rings. The van der Waals surface area contributed by atoms with Crippen LogP contribution >= 0.6 is 0 Å². The molecule has 1 amide bonds. The van der Waals surface area contributed by atoms with Gasteiger partial charge in [0.15, 0.2) is 0 Å². The summed E-state index contributed by atoms with van der Waals surface area (Å²) in [4.78, 5) is 14.4. The van der Waals surface area contributed by atoms with Crippen molar-refractivity contribution in [1.29, 1.82) is 5.26 Å². The minimum Gasteiger partial charge on any atom is -0.455 e. The number of carbonyl (C=O) groups is 1. The van der Waals surface area contributed by atoms with Crippen LogP contribution in [0.25, 0.3) is 0 Å². The summed E-state index contributed by atoms with van der Waals surface area (Å²) < 4.78 is 5.83. The van der Waals surface area contributed by atoms with Gasteiger partial charge in [-0.05, 0) is 30.7 Å². The van der Waals surface area contributed by atoms with Gasteiger partial charge < -0.3 is 14.7 Å². The summed E-state index contributed by atoms with van der Waals surface area (Å²) >= 11 is 0. The molecule has 0 bridgehead atoms. The highest BCUT2D eigenvalue weighted by molar-refractivity contribution is 5.97. The third kappa shape index (κ3) is 4.12. The van der Waals surface area contributed by atoms with E-state index < -0.39 is 0 Å². The van der Waals surface area contributed by atoms with Gasteiger partial charge in [0.25, 0.3) is 5.91 Å². The van der Waals surface area contributed by atoms with Gasteiger partial charge in [-0.3, -0.25) is 4.79 Å². The first-order valence-electron chi connectivity index (χ1n) is 7.87. The number of carbonyl (C=O) groups excluding carboxylic acids is 1. The van der Waals surface area contributed by atoms with E-state index in [1.165, 1.54) is 0 Å². The molecule has 1 N–H and O–H groups in total. The molecule has 24 heavy (non-hydrogen) atoms. The highest BCUT2D eigenvalue weighted by Gasteiger charge is 2.19. The summed E-state index contributed by atoms with van der Waals surface area (Å²) in [6, 6.07) is 15.9. The Morgan fingerprint density at radius 1 is 1.12 bits per heavy atom. The van der Waals surface area contributed by atoms with Crippen molar-refractivity contribution in [1.82, 2.24) is 4.90 Å². The van der Waals surface area contributed by atoms with Gasteiger partial charge in [-0.1, -0.05) is 31.2 Å². The van der Waals surface area contributed by atoms with Crippen molar-refractivity contribution in [2.24, 2.45) is 0 Å². The number of nitriles is 1. The van der Waals surface area contributed by atoms with Crippen molar-refractivity contribution in [3.63, 3.8) is 0 Å². The zero-order valence-electron chi connectivity index (χ0n) is 13.6. The van der Waals surface area contributed by atoms with Gasteiger partial charge in [0.2, 0.25) is 0 Å².